The smallest absolute Gasteiger partial charge is 0.411 e. The highest BCUT2D eigenvalue weighted by molar-refractivity contribution is 7.09. The summed E-state index contributed by atoms with van der Waals surface area (Å²) in [5, 5.41) is 13.7. The van der Waals surface area contributed by atoms with E-state index in [1.807, 2.05) is 13.8 Å². The standard InChI is InChI=1S/C10H16N4O3S/c1-3-4-7(15)11-5-6(2)8-12-9(18-14-8)13-10(16)17/h6H,3-5H2,1-2H3,(H,11,15)(H,16,17)(H,12,13,14). The minimum atomic E-state index is -1.17. The zero-order chi connectivity index (χ0) is 13.5. The van der Waals surface area contributed by atoms with Gasteiger partial charge in [-0.2, -0.15) is 4.37 Å². The Morgan fingerprint density at radius 1 is 1.50 bits per heavy atom. The molecular weight excluding hydrogens is 256 g/mol. The lowest BCUT2D eigenvalue weighted by Gasteiger charge is -2.08. The SMILES string of the molecule is CCCC(=O)NCC(C)c1nsc(NC(=O)O)n1. The van der Waals surface area contributed by atoms with Gasteiger partial charge in [-0.15, -0.1) is 0 Å². The van der Waals surface area contributed by atoms with Gasteiger partial charge in [0.1, 0.15) is 5.82 Å². The van der Waals surface area contributed by atoms with Crippen molar-refractivity contribution in [2.24, 2.45) is 0 Å². The first-order chi connectivity index (χ1) is 8.52. The molecule has 18 heavy (non-hydrogen) atoms. The Morgan fingerprint density at radius 3 is 2.83 bits per heavy atom. The predicted octanol–water partition coefficient (Wildman–Crippen LogP) is 1.65. The number of nitrogens with one attached hydrogen (secondary N) is 2. The lowest BCUT2D eigenvalue weighted by atomic mass is 10.1. The second-order valence-corrected chi connectivity index (χ2v) is 4.59. The van der Waals surface area contributed by atoms with Gasteiger partial charge in [0.15, 0.2) is 0 Å². The van der Waals surface area contributed by atoms with E-state index in [1.165, 1.54) is 0 Å². The van der Waals surface area contributed by atoms with Crippen molar-refractivity contribution in [1.29, 1.82) is 0 Å². The molecule has 0 fully saturated rings. The molecule has 8 heteroatoms. The Morgan fingerprint density at radius 2 is 2.22 bits per heavy atom. The van der Waals surface area contributed by atoms with Gasteiger partial charge in [0, 0.05) is 30.4 Å². The number of hydrogen-bond acceptors (Lipinski definition) is 5. The molecule has 0 aromatic carbocycles. The first kappa shape index (κ1) is 14.4. The molecule has 0 aliphatic heterocycles. The number of hydrogen-bond donors (Lipinski definition) is 3. The Balaban J connectivity index is 2.46. The van der Waals surface area contributed by atoms with Crippen LogP contribution in [0.2, 0.25) is 0 Å². The molecule has 3 N–H and O–H groups in total. The second-order valence-electron chi connectivity index (χ2n) is 3.84. The number of amides is 2. The fourth-order valence-electron chi connectivity index (χ4n) is 1.25. The topological polar surface area (TPSA) is 104 Å². The number of carbonyl (C=O) groups is 2. The van der Waals surface area contributed by atoms with Crippen LogP contribution in [0, 0.1) is 0 Å². The quantitative estimate of drug-likeness (QED) is 0.730. The molecule has 0 aliphatic rings. The van der Waals surface area contributed by atoms with E-state index in [2.05, 4.69) is 20.0 Å². The summed E-state index contributed by atoms with van der Waals surface area (Å²) in [4.78, 5) is 25.7. The molecule has 0 radical (unpaired) electrons. The van der Waals surface area contributed by atoms with E-state index in [0.717, 1.165) is 18.0 Å². The van der Waals surface area contributed by atoms with Crippen LogP contribution in [0.15, 0.2) is 0 Å². The van der Waals surface area contributed by atoms with E-state index in [4.69, 9.17) is 5.11 Å². The number of anilines is 1. The predicted molar refractivity (Wildman–Crippen MR) is 67.9 cm³/mol. The summed E-state index contributed by atoms with van der Waals surface area (Å²) in [6, 6.07) is 0. The molecule has 1 aromatic heterocycles. The Bertz CT molecular complexity index is 421. The maximum Gasteiger partial charge on any atom is 0.411 e. The van der Waals surface area contributed by atoms with E-state index < -0.39 is 6.09 Å². The van der Waals surface area contributed by atoms with Crippen molar-refractivity contribution in [3.05, 3.63) is 5.82 Å². The van der Waals surface area contributed by atoms with Crippen LogP contribution in [0.3, 0.4) is 0 Å². The van der Waals surface area contributed by atoms with Gasteiger partial charge in [0.05, 0.1) is 0 Å². The van der Waals surface area contributed by atoms with E-state index in [9.17, 15) is 9.59 Å². The van der Waals surface area contributed by atoms with Crippen LogP contribution >= 0.6 is 11.5 Å². The van der Waals surface area contributed by atoms with Crippen molar-refractivity contribution in [3.63, 3.8) is 0 Å². The van der Waals surface area contributed by atoms with Gasteiger partial charge in [-0.1, -0.05) is 13.8 Å². The summed E-state index contributed by atoms with van der Waals surface area (Å²) in [6.07, 6.45) is 0.145. The lowest BCUT2D eigenvalue weighted by Crippen LogP contribution is -2.27. The van der Waals surface area contributed by atoms with Crippen LogP contribution in [0.1, 0.15) is 38.4 Å². The molecule has 1 unspecified atom stereocenters. The summed E-state index contributed by atoms with van der Waals surface area (Å²) in [6.45, 7) is 4.26. The minimum Gasteiger partial charge on any atom is -0.465 e. The monoisotopic (exact) mass is 272 g/mol. The van der Waals surface area contributed by atoms with Gasteiger partial charge >= 0.3 is 6.09 Å². The summed E-state index contributed by atoms with van der Waals surface area (Å²) in [5.74, 6) is 0.482. The van der Waals surface area contributed by atoms with Crippen molar-refractivity contribution < 1.29 is 14.7 Å². The first-order valence-electron chi connectivity index (χ1n) is 5.63. The van der Waals surface area contributed by atoms with E-state index in [-0.39, 0.29) is 17.0 Å². The number of carbonyl (C=O) groups excluding carboxylic acids is 1. The van der Waals surface area contributed by atoms with Crippen LogP contribution < -0.4 is 10.6 Å². The zero-order valence-corrected chi connectivity index (χ0v) is 11.1. The van der Waals surface area contributed by atoms with Crippen molar-refractivity contribution >= 4 is 28.7 Å². The molecule has 100 valence electrons. The highest BCUT2D eigenvalue weighted by atomic mass is 32.1. The van der Waals surface area contributed by atoms with Gasteiger partial charge in [0.2, 0.25) is 11.0 Å². The van der Waals surface area contributed by atoms with Crippen LogP contribution in [-0.2, 0) is 4.79 Å². The molecule has 0 bridgehead atoms. The third-order valence-electron chi connectivity index (χ3n) is 2.18. The van der Waals surface area contributed by atoms with Gasteiger partial charge < -0.3 is 10.4 Å². The maximum absolute atomic E-state index is 11.3. The van der Waals surface area contributed by atoms with Gasteiger partial charge in [-0.3, -0.25) is 10.1 Å². The third-order valence-corrected chi connectivity index (χ3v) is 2.82. The molecule has 0 aliphatic carbocycles. The Kier molecular flexibility index (Phi) is 5.50. The number of rotatable bonds is 6. The fraction of sp³-hybridized carbons (Fsp3) is 0.600. The third kappa shape index (κ3) is 4.66. The molecule has 1 heterocycles. The van der Waals surface area contributed by atoms with Crippen LogP contribution in [0.4, 0.5) is 9.93 Å². The summed E-state index contributed by atoms with van der Waals surface area (Å²) < 4.78 is 4.05. The number of carboxylic acid groups (broad SMARTS) is 1. The second kappa shape index (κ2) is 6.90. The van der Waals surface area contributed by atoms with Crippen molar-refractivity contribution in [2.75, 3.05) is 11.9 Å². The molecule has 7 nitrogen and oxygen atoms in total. The minimum absolute atomic E-state index is 0.00321. The Labute approximate surface area is 109 Å². The molecule has 0 saturated carbocycles. The molecule has 0 saturated heterocycles. The summed E-state index contributed by atoms with van der Waals surface area (Å²) in [7, 11) is 0. The van der Waals surface area contributed by atoms with Crippen molar-refractivity contribution in [1.82, 2.24) is 14.7 Å². The van der Waals surface area contributed by atoms with Crippen LogP contribution in [0.25, 0.3) is 0 Å². The van der Waals surface area contributed by atoms with Crippen LogP contribution in [0.5, 0.6) is 0 Å². The number of aromatic nitrogens is 2. The average molecular weight is 272 g/mol. The highest BCUT2D eigenvalue weighted by Gasteiger charge is 2.14. The first-order valence-corrected chi connectivity index (χ1v) is 6.40. The largest absolute Gasteiger partial charge is 0.465 e. The van der Waals surface area contributed by atoms with Gasteiger partial charge in [0.25, 0.3) is 0 Å². The zero-order valence-electron chi connectivity index (χ0n) is 10.3. The summed E-state index contributed by atoms with van der Waals surface area (Å²) in [5.41, 5.74) is 0. The maximum atomic E-state index is 11.3. The fourth-order valence-corrected chi connectivity index (χ4v) is 1.92. The number of nitrogens with zero attached hydrogens (tertiary/aromatic N) is 2. The van der Waals surface area contributed by atoms with Crippen molar-refractivity contribution in [3.8, 4) is 0 Å². The summed E-state index contributed by atoms with van der Waals surface area (Å²) >= 11 is 0.985. The van der Waals surface area contributed by atoms with E-state index >= 15 is 0 Å². The molecule has 0 spiro atoms. The van der Waals surface area contributed by atoms with E-state index in [1.54, 1.807) is 0 Å². The van der Waals surface area contributed by atoms with Gasteiger partial charge in [-0.05, 0) is 6.42 Å². The Hall–Kier alpha value is -1.70. The lowest BCUT2D eigenvalue weighted by molar-refractivity contribution is -0.121. The highest BCUT2D eigenvalue weighted by Crippen LogP contribution is 2.17. The van der Waals surface area contributed by atoms with E-state index in [0.29, 0.717) is 18.8 Å². The molecule has 1 aromatic rings. The molecule has 2 amide bonds. The average Bonchev–Trinajstić information content (AvgIpc) is 2.74. The molecule has 1 rings (SSSR count). The van der Waals surface area contributed by atoms with Crippen molar-refractivity contribution in [2.45, 2.75) is 32.6 Å². The van der Waals surface area contributed by atoms with Crippen LogP contribution in [-0.4, -0.2) is 33.0 Å². The molecular formula is C10H16N4O3S. The molecule has 1 atom stereocenters. The normalized spacial score (nSPS) is 11.9. The van der Waals surface area contributed by atoms with Gasteiger partial charge in [-0.25, -0.2) is 9.78 Å².